The van der Waals surface area contributed by atoms with Crippen LogP contribution in [0, 0.1) is 13.8 Å². The number of Topliss-reactive ketones (excluding diaryl/α,β-unsaturated/α-hetero) is 3. The maximum Gasteiger partial charge on any atom is 1.00 e. The summed E-state index contributed by atoms with van der Waals surface area (Å²) in [5.74, 6) is 1.47. The van der Waals surface area contributed by atoms with Gasteiger partial charge in [-0.25, -0.2) is 24.6 Å². The molecule has 1 unspecified atom stereocenters. The van der Waals surface area contributed by atoms with Crippen LogP contribution in [0.3, 0.4) is 0 Å². The molecule has 1 saturated heterocycles. The predicted octanol–water partition coefficient (Wildman–Crippen LogP) is -0.154. The summed E-state index contributed by atoms with van der Waals surface area (Å²) in [6.07, 6.45) is -14.8. The Kier molecular flexibility index (Phi) is 56.3. The molecule has 36 heteroatoms. The zero-order valence-corrected chi connectivity index (χ0v) is 52.7. The molecular weight excluding hydrogens is 1230 g/mol. The number of alkyl halides is 6. The van der Waals surface area contributed by atoms with Crippen LogP contribution in [0.4, 0.5) is 31.1 Å². The van der Waals surface area contributed by atoms with E-state index in [0.29, 0.717) is 37.6 Å². The molecule has 4 rings (SSSR count). The third-order valence-electron chi connectivity index (χ3n) is 8.79. The van der Waals surface area contributed by atoms with Crippen molar-refractivity contribution in [1.29, 1.82) is 1.34 Å². The number of esters is 3. The minimum Gasteiger partial charge on any atom is -1.00 e. The number of carbonyl (C=O) groups is 8. The third kappa shape index (κ3) is 41.5. The average molecular weight is 1300 g/mol. The Balaban J connectivity index is -0.000000141. The number of aldehydes is 1. The van der Waals surface area contributed by atoms with E-state index < -0.39 is 42.3 Å². The minimum absolute atomic E-state index is 0. The van der Waals surface area contributed by atoms with Crippen molar-refractivity contribution in [3.63, 3.8) is 0 Å². The molecule has 2 aromatic rings. The quantitative estimate of drug-likeness (QED) is 0.0179. The van der Waals surface area contributed by atoms with Gasteiger partial charge in [-0.2, -0.15) is 58.9 Å². The van der Waals surface area contributed by atoms with Crippen LogP contribution >= 0.6 is 22.4 Å². The second-order valence-corrected chi connectivity index (χ2v) is 15.3. The molecule has 0 aliphatic carbocycles. The fraction of sp³-hybridized carbons (Fsp3) is 0.622. The van der Waals surface area contributed by atoms with Crippen molar-refractivity contribution in [1.82, 2.24) is 45.2 Å². The molecule has 2 aliphatic heterocycles. The van der Waals surface area contributed by atoms with Crippen molar-refractivity contribution >= 4 is 107 Å². The monoisotopic (exact) mass is 1300 g/mol. The van der Waals surface area contributed by atoms with Gasteiger partial charge in [0, 0.05) is 82.4 Å². The van der Waals surface area contributed by atoms with E-state index in [1.165, 1.54) is 25.6 Å². The molecule has 449 valence electrons. The molecule has 24 nitrogen and oxygen atoms in total. The van der Waals surface area contributed by atoms with Crippen LogP contribution < -0.4 is 68.1 Å². The van der Waals surface area contributed by atoms with Crippen LogP contribution in [0.1, 0.15) is 94.2 Å². The minimum atomic E-state index is -5.71. The number of likely N-dealkylation sites (N-methyl/N-ethyl adjacent to an activating group) is 1. The SMILES string of the molecule is C.CC1C=C(CN2CCN(C(=O)OC(C(F)(F)F)C(F)(F)F)CC2)N(C)N1.CCOC(=O)/C(CC(C)=O)=N\OC.CCOC(=O)C(=O)CC(C)=O.CCOC(=O)c1cc(C)nn1C.CNN.Cc1cc(C=O)n(C)n1.[2H][B].[B-].[B].[B]I.[K+]. The first-order chi connectivity index (χ1) is 36.4. The molecule has 1 amide bonds. The van der Waals surface area contributed by atoms with E-state index in [0.717, 1.165) is 28.3 Å². The van der Waals surface area contributed by atoms with Gasteiger partial charge in [0.25, 0.3) is 6.10 Å². The summed E-state index contributed by atoms with van der Waals surface area (Å²) in [7, 11) is 12.0. The van der Waals surface area contributed by atoms with Crippen molar-refractivity contribution in [3.05, 3.63) is 46.7 Å². The largest absolute Gasteiger partial charge is 1.00 e. The van der Waals surface area contributed by atoms with Crippen LogP contribution in [0.5, 0.6) is 0 Å². The van der Waals surface area contributed by atoms with E-state index in [2.05, 4.69) is 65.2 Å². The Morgan fingerprint density at radius 3 is 1.65 bits per heavy atom. The van der Waals surface area contributed by atoms with Crippen molar-refractivity contribution < 1.29 is 140 Å². The molecule has 0 spiro atoms. The summed E-state index contributed by atoms with van der Waals surface area (Å²) in [5, 5.41) is 13.3. The summed E-state index contributed by atoms with van der Waals surface area (Å²) >= 11 is 1.65. The maximum absolute atomic E-state index is 12.5. The number of hydrogen-bond acceptors (Lipinski definition) is 21. The second-order valence-electron chi connectivity index (χ2n) is 15.3. The number of piperazine rings is 1. The van der Waals surface area contributed by atoms with E-state index in [1.807, 2.05) is 43.8 Å². The summed E-state index contributed by atoms with van der Waals surface area (Å²) in [4.78, 5) is 93.6. The number of nitrogens with zero attached hydrogens (tertiary/aromatic N) is 8. The van der Waals surface area contributed by atoms with Crippen molar-refractivity contribution in [3.8, 4) is 0 Å². The first-order valence-corrected chi connectivity index (χ1v) is 23.8. The molecule has 1 fully saturated rings. The van der Waals surface area contributed by atoms with Gasteiger partial charge in [0.05, 0.1) is 44.1 Å². The fourth-order valence-corrected chi connectivity index (χ4v) is 5.76. The smallest absolute Gasteiger partial charge is 1.00 e. The molecule has 0 aromatic carbocycles. The van der Waals surface area contributed by atoms with Gasteiger partial charge in [0.2, 0.25) is 5.78 Å². The molecule has 4 heterocycles. The van der Waals surface area contributed by atoms with Crippen LogP contribution in [-0.4, -0.2) is 218 Å². The molecule has 2 aliphatic rings. The summed E-state index contributed by atoms with van der Waals surface area (Å²) in [5.41, 5.74) is 13.7. The molecule has 4 N–H and O–H groups in total. The Morgan fingerprint density at radius 1 is 0.877 bits per heavy atom. The van der Waals surface area contributed by atoms with Crippen LogP contribution in [0.25, 0.3) is 0 Å². The molecule has 0 bridgehead atoms. The molecule has 1 atom stereocenters. The van der Waals surface area contributed by atoms with Crippen molar-refractivity contribution in [2.24, 2.45) is 25.1 Å². The maximum atomic E-state index is 12.5. The normalized spacial score (nSPS) is 13.2. The summed E-state index contributed by atoms with van der Waals surface area (Å²) < 4.78 is 101. The number of ether oxygens (including phenoxy) is 4. The Morgan fingerprint density at radius 2 is 1.32 bits per heavy atom. The topological polar surface area (TPSA) is 291 Å². The van der Waals surface area contributed by atoms with Crippen LogP contribution in [0.15, 0.2) is 29.1 Å². The van der Waals surface area contributed by atoms with Crippen molar-refractivity contribution in [2.75, 3.05) is 73.7 Å². The summed E-state index contributed by atoms with van der Waals surface area (Å²) in [6.45, 7) is 15.3. The fourth-order valence-electron chi connectivity index (χ4n) is 5.76. The number of hydrogen-bond donors (Lipinski definition) is 3. The number of amides is 1. The first kappa shape index (κ1) is 90.6. The molecular formula is C45H74B4F6IKN11O13. The Labute approximate surface area is 534 Å². The van der Waals surface area contributed by atoms with Gasteiger partial charge in [-0.05, 0) is 82.0 Å². The number of rotatable bonds is 15. The van der Waals surface area contributed by atoms with Gasteiger partial charge < -0.3 is 42.1 Å². The van der Waals surface area contributed by atoms with E-state index in [1.54, 1.807) is 81.1 Å². The number of ketones is 3. The van der Waals surface area contributed by atoms with Gasteiger partial charge in [0.15, 0.2) is 17.7 Å². The van der Waals surface area contributed by atoms with E-state index in [4.69, 9.17) is 6.07 Å². The van der Waals surface area contributed by atoms with Gasteiger partial charge in [-0.1, -0.05) is 12.6 Å². The zero-order valence-electron chi connectivity index (χ0n) is 48.5. The number of halogens is 7. The Bertz CT molecular complexity index is 2210. The number of carbonyl (C=O) groups excluding carboxylic acids is 8. The standard InChI is InChI=1S/C14H20F6N4O2.C8H12N2O2.C8H13NO4.C7H10O4.C6H8N2O.CH6N2.CH4.BI.BH.2B.K/c1-9-7-10(22(2)21-9)8-23-3-5-24(6-4-23)12(25)26-11(13(15,16)17)14(18,19)20;1-4-12-8(11)7-5-6(2)9-10(7)3;1-4-13-8(11)7(9-12-3)5-6(2)10;1-3-11-7(10)6(9)4-5(2)8;1-5-3-6(4-9)8(2)7-5;1-3-2;;1-2;;;;/h7,9,11,21H,3-6,8H2,1-2H3;5H,4H2,1-3H3;4-5H2,1-3H3;3-4H2,1-2H3;3-4H,1-2H3;3H,2H2,1H3;1H4;;1H;;;/q;;;;;;;;;;-1;+1/b;;9-7-;;;;;;;;;/i;;;;;;;;1D;;;. The number of nitrogens with two attached hydrogens (primary N) is 1. The van der Waals surface area contributed by atoms with E-state index >= 15 is 0 Å². The first-order valence-electron chi connectivity index (χ1n) is 23.2. The van der Waals surface area contributed by atoms with E-state index in [9.17, 15) is 64.7 Å². The number of aromatic nitrogens is 4. The van der Waals surface area contributed by atoms with Crippen molar-refractivity contribution in [2.45, 2.75) is 100 Å². The van der Waals surface area contributed by atoms with Gasteiger partial charge in [0.1, 0.15) is 30.1 Å². The summed E-state index contributed by atoms with van der Waals surface area (Å²) in [6, 6.07) is 3.62. The molecule has 2 aromatic heterocycles. The number of nitrogens with one attached hydrogen (secondary N) is 2. The average Bonchev–Trinajstić information content (AvgIpc) is 4.00. The second kappa shape index (κ2) is 50.4. The van der Waals surface area contributed by atoms with Crippen LogP contribution in [0.2, 0.25) is 0 Å². The van der Waals surface area contributed by atoms with Crippen LogP contribution in [-0.2, 0) is 61.9 Å². The third-order valence-corrected chi connectivity index (χ3v) is 8.79. The number of oxime groups is 1. The van der Waals surface area contributed by atoms with Gasteiger partial charge >= 0.3 is 87.7 Å². The zero-order chi connectivity index (χ0) is 61.5. The molecule has 81 heavy (non-hydrogen) atoms. The predicted molar refractivity (Wildman–Crippen MR) is 298 cm³/mol. The Hall–Kier alpha value is -4.16. The number of hydrazine groups is 2. The van der Waals surface area contributed by atoms with Gasteiger partial charge in [-0.3, -0.25) is 44.7 Å². The molecule has 11 radical (unpaired) electrons. The van der Waals surface area contributed by atoms with E-state index in [-0.39, 0.29) is 144 Å². The number of aryl methyl sites for hydroxylation is 4. The van der Waals surface area contributed by atoms with Gasteiger partial charge in [-0.15, -0.1) is 0 Å². The molecule has 0 saturated carbocycles.